The summed E-state index contributed by atoms with van der Waals surface area (Å²) in [4.78, 5) is 0. The third-order valence-corrected chi connectivity index (χ3v) is 4.10. The minimum atomic E-state index is -3.21. The van der Waals surface area contributed by atoms with Gasteiger partial charge in [0.25, 0.3) is 0 Å². The first-order valence-corrected chi connectivity index (χ1v) is 6.92. The van der Waals surface area contributed by atoms with Crippen molar-refractivity contribution in [1.82, 2.24) is 10.0 Å². The van der Waals surface area contributed by atoms with Gasteiger partial charge in [-0.3, -0.25) is 0 Å². The Labute approximate surface area is 104 Å². The lowest BCUT2D eigenvalue weighted by molar-refractivity contribution is 0.136. The minimum Gasteiger partial charge on any atom is -0.381 e. The third-order valence-electron chi connectivity index (χ3n) is 2.50. The van der Waals surface area contributed by atoms with Gasteiger partial charge in [-0.25, -0.2) is 13.1 Å². The van der Waals surface area contributed by atoms with Gasteiger partial charge in [-0.15, -0.1) is 12.4 Å². The van der Waals surface area contributed by atoms with Gasteiger partial charge in [-0.1, -0.05) is 0 Å². The molecule has 0 aromatic rings. The lowest BCUT2D eigenvalue weighted by Gasteiger charge is -2.24. The Kier molecular flexibility index (Phi) is 7.50. The summed E-state index contributed by atoms with van der Waals surface area (Å²) < 4.78 is 30.9. The summed E-state index contributed by atoms with van der Waals surface area (Å²) in [6, 6.07) is 0.0350. The molecule has 1 fully saturated rings. The van der Waals surface area contributed by atoms with Crippen LogP contribution in [0.25, 0.3) is 0 Å². The maximum atomic E-state index is 11.6. The van der Waals surface area contributed by atoms with Gasteiger partial charge in [0.05, 0.1) is 11.9 Å². The lowest BCUT2D eigenvalue weighted by Crippen LogP contribution is -2.47. The summed E-state index contributed by atoms with van der Waals surface area (Å²) in [6.45, 7) is 3.45. The largest absolute Gasteiger partial charge is 0.381 e. The normalized spacial score (nSPS) is 23.5. The molecule has 1 aliphatic heterocycles. The summed E-state index contributed by atoms with van der Waals surface area (Å²) in [5.74, 6) is 0.0278. The van der Waals surface area contributed by atoms with Crippen molar-refractivity contribution in [1.29, 1.82) is 0 Å². The summed E-state index contributed by atoms with van der Waals surface area (Å²) in [5.41, 5.74) is 0. The Morgan fingerprint density at radius 2 is 2.25 bits per heavy atom. The highest BCUT2D eigenvalue weighted by Gasteiger charge is 2.21. The molecular weight excluding hydrogens is 252 g/mol. The minimum absolute atomic E-state index is 0. The van der Waals surface area contributed by atoms with E-state index < -0.39 is 10.0 Å². The Bertz CT molecular complexity index is 278. The fourth-order valence-electron chi connectivity index (χ4n) is 1.63. The lowest BCUT2D eigenvalue weighted by atomic mass is 10.1. The highest BCUT2D eigenvalue weighted by atomic mass is 35.5. The first-order chi connectivity index (χ1) is 7.03. The summed E-state index contributed by atoms with van der Waals surface area (Å²) in [7, 11) is -1.69. The molecule has 0 aromatic heterocycles. The molecule has 16 heavy (non-hydrogen) atoms. The van der Waals surface area contributed by atoms with Crippen LogP contribution >= 0.6 is 12.4 Å². The zero-order valence-corrected chi connectivity index (χ0v) is 11.4. The van der Waals surface area contributed by atoms with Gasteiger partial charge in [0.2, 0.25) is 10.0 Å². The van der Waals surface area contributed by atoms with E-state index in [0.29, 0.717) is 0 Å². The number of hydrogen-bond acceptors (Lipinski definition) is 4. The third kappa shape index (κ3) is 6.00. The van der Waals surface area contributed by atoms with Crippen molar-refractivity contribution in [2.24, 2.45) is 0 Å². The first kappa shape index (κ1) is 16.1. The number of methoxy groups -OCH3 is 1. The molecule has 0 aromatic carbocycles. The fourth-order valence-corrected chi connectivity index (χ4v) is 3.19. The Morgan fingerprint density at radius 3 is 2.75 bits per heavy atom. The van der Waals surface area contributed by atoms with Gasteiger partial charge in [0, 0.05) is 19.7 Å². The highest BCUT2D eigenvalue weighted by Crippen LogP contribution is 2.04. The topological polar surface area (TPSA) is 67.4 Å². The number of ether oxygens (including phenoxy) is 1. The van der Waals surface area contributed by atoms with Gasteiger partial charge in [0.15, 0.2) is 0 Å². The van der Waals surface area contributed by atoms with E-state index in [4.69, 9.17) is 4.74 Å². The molecule has 0 aliphatic carbocycles. The van der Waals surface area contributed by atoms with E-state index in [0.717, 1.165) is 25.9 Å². The van der Waals surface area contributed by atoms with Crippen LogP contribution < -0.4 is 10.0 Å². The van der Waals surface area contributed by atoms with E-state index in [9.17, 15) is 8.42 Å². The van der Waals surface area contributed by atoms with Gasteiger partial charge in [-0.05, 0) is 26.3 Å². The van der Waals surface area contributed by atoms with E-state index in [1.807, 2.05) is 0 Å². The molecule has 1 rings (SSSR count). The van der Waals surface area contributed by atoms with Crippen molar-refractivity contribution in [3.8, 4) is 0 Å². The van der Waals surface area contributed by atoms with Crippen LogP contribution in [0, 0.1) is 0 Å². The molecular formula is C9H21ClN2O3S. The molecule has 1 heterocycles. The van der Waals surface area contributed by atoms with Crippen molar-refractivity contribution in [3.05, 3.63) is 0 Å². The summed E-state index contributed by atoms with van der Waals surface area (Å²) >= 11 is 0. The van der Waals surface area contributed by atoms with Crippen molar-refractivity contribution in [2.45, 2.75) is 31.9 Å². The smallest absolute Gasteiger partial charge is 0.214 e. The average molecular weight is 273 g/mol. The molecule has 0 bridgehead atoms. The molecule has 2 unspecified atom stereocenters. The van der Waals surface area contributed by atoms with E-state index >= 15 is 0 Å². The second kappa shape index (κ2) is 7.45. The first-order valence-electron chi connectivity index (χ1n) is 5.27. The van der Waals surface area contributed by atoms with Crippen LogP contribution in [0.15, 0.2) is 0 Å². The molecule has 2 atom stereocenters. The standard InChI is InChI=1S/C9H20N2O3S.ClH/c1-8(14-2)7-15(12,13)11-9-4-3-5-10-6-9;/h8-11H,3-7H2,1-2H3;1H. The van der Waals surface area contributed by atoms with Gasteiger partial charge >= 0.3 is 0 Å². The van der Waals surface area contributed by atoms with Crippen LogP contribution in [0.4, 0.5) is 0 Å². The highest BCUT2D eigenvalue weighted by molar-refractivity contribution is 7.89. The van der Waals surface area contributed by atoms with E-state index in [-0.39, 0.29) is 30.3 Å². The number of piperidine rings is 1. The van der Waals surface area contributed by atoms with Crippen LogP contribution in [-0.4, -0.2) is 46.5 Å². The summed E-state index contributed by atoms with van der Waals surface area (Å²) in [5, 5.41) is 3.17. The monoisotopic (exact) mass is 272 g/mol. The van der Waals surface area contributed by atoms with Crippen molar-refractivity contribution < 1.29 is 13.2 Å². The Hall–Kier alpha value is 0.120. The van der Waals surface area contributed by atoms with Crippen molar-refractivity contribution in [3.63, 3.8) is 0 Å². The van der Waals surface area contributed by atoms with Crippen LogP contribution in [0.5, 0.6) is 0 Å². The van der Waals surface area contributed by atoms with E-state index in [1.54, 1.807) is 6.92 Å². The molecule has 5 nitrogen and oxygen atoms in total. The van der Waals surface area contributed by atoms with Crippen LogP contribution in [0.1, 0.15) is 19.8 Å². The SMILES string of the molecule is COC(C)CS(=O)(=O)NC1CCCNC1.Cl. The molecule has 0 spiro atoms. The van der Waals surface area contributed by atoms with Gasteiger partial charge in [0.1, 0.15) is 0 Å². The summed E-state index contributed by atoms with van der Waals surface area (Å²) in [6.07, 6.45) is 1.67. The molecule has 0 saturated carbocycles. The Morgan fingerprint density at radius 1 is 1.56 bits per heavy atom. The quantitative estimate of drug-likeness (QED) is 0.746. The molecule has 1 aliphatic rings. The van der Waals surface area contributed by atoms with E-state index in [2.05, 4.69) is 10.0 Å². The Balaban J connectivity index is 0.00000225. The number of halogens is 1. The predicted octanol–water partition coefficient (Wildman–Crippen LogP) is 0.115. The zero-order valence-electron chi connectivity index (χ0n) is 9.73. The zero-order chi connectivity index (χ0) is 11.3. The number of rotatable bonds is 5. The molecule has 0 radical (unpaired) electrons. The van der Waals surface area contributed by atoms with Gasteiger partial charge < -0.3 is 10.1 Å². The number of hydrogen-bond donors (Lipinski definition) is 2. The molecule has 98 valence electrons. The molecule has 7 heteroatoms. The molecule has 2 N–H and O–H groups in total. The maximum absolute atomic E-state index is 11.6. The number of nitrogens with one attached hydrogen (secondary N) is 2. The predicted molar refractivity (Wildman–Crippen MR) is 66.5 cm³/mol. The van der Waals surface area contributed by atoms with Crippen LogP contribution in [0.2, 0.25) is 0 Å². The van der Waals surface area contributed by atoms with E-state index in [1.165, 1.54) is 7.11 Å². The van der Waals surface area contributed by atoms with Gasteiger partial charge in [-0.2, -0.15) is 0 Å². The second-order valence-corrected chi connectivity index (χ2v) is 5.79. The van der Waals surface area contributed by atoms with Crippen LogP contribution in [-0.2, 0) is 14.8 Å². The number of sulfonamides is 1. The van der Waals surface area contributed by atoms with Crippen molar-refractivity contribution in [2.75, 3.05) is 26.0 Å². The van der Waals surface area contributed by atoms with Crippen molar-refractivity contribution >= 4 is 22.4 Å². The fraction of sp³-hybridized carbons (Fsp3) is 1.00. The molecule has 0 amide bonds. The average Bonchev–Trinajstić information content (AvgIpc) is 2.17. The maximum Gasteiger partial charge on any atom is 0.214 e. The van der Waals surface area contributed by atoms with Crippen LogP contribution in [0.3, 0.4) is 0 Å². The second-order valence-electron chi connectivity index (χ2n) is 3.99. The molecule has 1 saturated heterocycles.